The number of thiophene rings is 1. The fourth-order valence-electron chi connectivity index (χ4n) is 4.28. The molecule has 1 aromatic carbocycles. The van der Waals surface area contributed by atoms with Crippen molar-refractivity contribution < 1.29 is 32.7 Å². The highest BCUT2D eigenvalue weighted by molar-refractivity contribution is 7.84. The van der Waals surface area contributed by atoms with Crippen LogP contribution in [0.15, 0.2) is 42.9 Å². The summed E-state index contributed by atoms with van der Waals surface area (Å²) in [4.78, 5) is 22.3. The summed E-state index contributed by atoms with van der Waals surface area (Å²) in [7, 11) is -4.13. The molecule has 1 aliphatic carbocycles. The SMILES string of the molecule is NS(=O)(=O)OC[C@H]1C[C@@H](Nc2ncncc2C(=O)c2cc(C(O)c3cccc(Cl)c3)c(CO)s2)C[C@@H]1O. The van der Waals surface area contributed by atoms with Crippen LogP contribution in [0, 0.1) is 5.92 Å². The zero-order valence-corrected chi connectivity index (χ0v) is 21.7. The first-order valence-corrected chi connectivity index (χ1v) is 13.9. The Morgan fingerprint density at radius 2 is 2.11 bits per heavy atom. The van der Waals surface area contributed by atoms with Crippen molar-refractivity contribution in [2.45, 2.75) is 37.7 Å². The third kappa shape index (κ3) is 6.69. The molecule has 4 atom stereocenters. The molecule has 0 bridgehead atoms. The largest absolute Gasteiger partial charge is 0.393 e. The number of halogens is 1. The second-order valence-electron chi connectivity index (χ2n) is 8.64. The van der Waals surface area contributed by atoms with E-state index >= 15 is 0 Å². The molecular weight excluding hydrogens is 544 g/mol. The van der Waals surface area contributed by atoms with E-state index in [0.717, 1.165) is 11.3 Å². The van der Waals surface area contributed by atoms with Crippen LogP contribution in [0.1, 0.15) is 50.2 Å². The maximum Gasteiger partial charge on any atom is 0.333 e. The van der Waals surface area contributed by atoms with Gasteiger partial charge in [-0.25, -0.2) is 15.1 Å². The van der Waals surface area contributed by atoms with Crippen LogP contribution < -0.4 is 10.5 Å². The monoisotopic (exact) mass is 568 g/mol. The number of nitrogens with two attached hydrogens (primary N) is 1. The molecule has 0 radical (unpaired) electrons. The number of rotatable bonds is 10. The van der Waals surface area contributed by atoms with Crippen LogP contribution in [0.4, 0.5) is 5.82 Å². The lowest BCUT2D eigenvalue weighted by molar-refractivity contribution is 0.101. The molecule has 1 unspecified atom stereocenters. The van der Waals surface area contributed by atoms with Crippen LogP contribution in [-0.4, -0.2) is 58.2 Å². The summed E-state index contributed by atoms with van der Waals surface area (Å²) < 4.78 is 26.8. The second-order valence-corrected chi connectivity index (χ2v) is 11.4. The van der Waals surface area contributed by atoms with E-state index in [9.17, 15) is 28.5 Å². The summed E-state index contributed by atoms with van der Waals surface area (Å²) in [5, 5.41) is 39.5. The quantitative estimate of drug-likeness (QED) is 0.226. The number of hydrogen-bond donors (Lipinski definition) is 5. The van der Waals surface area contributed by atoms with Crippen LogP contribution in [0.3, 0.4) is 0 Å². The molecule has 11 nitrogen and oxygen atoms in total. The molecule has 6 N–H and O–H groups in total. The number of benzene rings is 1. The van der Waals surface area contributed by atoms with Crippen molar-refractivity contribution in [1.29, 1.82) is 0 Å². The first-order valence-electron chi connectivity index (χ1n) is 11.2. The molecular formula is C23H25ClN4O7S2. The van der Waals surface area contributed by atoms with Crippen LogP contribution in [0.2, 0.25) is 5.02 Å². The van der Waals surface area contributed by atoms with Crippen LogP contribution in [0.5, 0.6) is 0 Å². The van der Waals surface area contributed by atoms with Gasteiger partial charge in [0.2, 0.25) is 5.78 Å². The highest BCUT2D eigenvalue weighted by atomic mass is 35.5. The topological polar surface area (TPSA) is 185 Å². The Bertz CT molecular complexity index is 1380. The minimum absolute atomic E-state index is 0.163. The van der Waals surface area contributed by atoms with Gasteiger partial charge in [-0.2, -0.15) is 8.42 Å². The molecule has 14 heteroatoms. The lowest BCUT2D eigenvalue weighted by Crippen LogP contribution is -2.24. The van der Waals surface area contributed by atoms with E-state index in [1.807, 2.05) is 0 Å². The molecule has 3 aromatic rings. The van der Waals surface area contributed by atoms with Crippen molar-refractivity contribution in [3.8, 4) is 0 Å². The number of carbonyl (C=O) groups is 1. The van der Waals surface area contributed by atoms with Gasteiger partial charge in [-0.3, -0.25) is 8.98 Å². The standard InChI is InChI=1S/C23H25ClN4O7S2/c24-14-3-1-2-12(4-14)21(31)16-7-19(36-20(16)9-29)22(32)17-8-26-11-27-23(17)28-15-5-13(18(30)6-15)10-35-37(25,33)34/h1-4,7-8,11,13,15,18,21,29-31H,5-6,9-10H2,(H2,25,33,34)(H,26,27,28)/t13-,15-,18+,21?/m1/s1. The number of nitrogens with zero attached hydrogens (tertiary/aromatic N) is 2. The van der Waals surface area contributed by atoms with Crippen molar-refractivity contribution in [3.05, 3.63) is 74.3 Å². The van der Waals surface area contributed by atoms with Gasteiger partial charge in [-0.05, 0) is 36.6 Å². The average molecular weight is 569 g/mol. The van der Waals surface area contributed by atoms with E-state index in [1.54, 1.807) is 24.3 Å². The maximum absolute atomic E-state index is 13.4. The Hall–Kier alpha value is -2.49. The minimum atomic E-state index is -4.13. The van der Waals surface area contributed by atoms with Crippen LogP contribution in [0.25, 0.3) is 0 Å². The molecule has 2 heterocycles. The Balaban J connectivity index is 1.54. The van der Waals surface area contributed by atoms with Crippen molar-refractivity contribution in [3.63, 3.8) is 0 Å². The highest BCUT2D eigenvalue weighted by Crippen LogP contribution is 2.35. The number of hydrogen-bond acceptors (Lipinski definition) is 11. The molecule has 198 valence electrons. The van der Waals surface area contributed by atoms with Gasteiger partial charge >= 0.3 is 10.3 Å². The summed E-state index contributed by atoms with van der Waals surface area (Å²) in [6.45, 7) is -0.631. The second kappa shape index (κ2) is 11.5. The van der Waals surface area contributed by atoms with Gasteiger partial charge in [-0.1, -0.05) is 23.7 Å². The van der Waals surface area contributed by atoms with Crippen molar-refractivity contribution in [2.75, 3.05) is 11.9 Å². The molecule has 0 aliphatic heterocycles. The van der Waals surface area contributed by atoms with E-state index in [2.05, 4.69) is 19.5 Å². The van der Waals surface area contributed by atoms with Gasteiger partial charge < -0.3 is 20.6 Å². The van der Waals surface area contributed by atoms with Crippen molar-refractivity contribution in [2.24, 2.45) is 11.1 Å². The van der Waals surface area contributed by atoms with Crippen molar-refractivity contribution >= 4 is 44.8 Å². The lowest BCUT2D eigenvalue weighted by Gasteiger charge is -2.15. The Kier molecular flexibility index (Phi) is 8.56. The third-order valence-corrected chi connectivity index (χ3v) is 7.90. The molecule has 4 rings (SSSR count). The molecule has 0 saturated heterocycles. The summed E-state index contributed by atoms with van der Waals surface area (Å²) in [5.41, 5.74) is 1.07. The first kappa shape index (κ1) is 27.5. The first-order chi connectivity index (χ1) is 17.6. The van der Waals surface area contributed by atoms with Gasteiger partial charge in [0.1, 0.15) is 18.2 Å². The number of carbonyl (C=O) groups excluding carboxylic acids is 1. The van der Waals surface area contributed by atoms with Gasteiger partial charge in [0.15, 0.2) is 0 Å². The molecule has 37 heavy (non-hydrogen) atoms. The molecule has 1 aliphatic rings. The van der Waals surface area contributed by atoms with Crippen LogP contribution in [-0.2, 0) is 21.1 Å². The predicted octanol–water partition coefficient (Wildman–Crippen LogP) is 1.77. The van der Waals surface area contributed by atoms with Crippen LogP contribution >= 0.6 is 22.9 Å². The number of nitrogens with one attached hydrogen (secondary N) is 1. The molecule has 0 spiro atoms. The Labute approximate surface area is 222 Å². The fourth-order valence-corrected chi connectivity index (χ4v) is 5.85. The number of aliphatic hydroxyl groups excluding tert-OH is 3. The fraction of sp³-hybridized carbons (Fsp3) is 0.348. The average Bonchev–Trinajstić information content (AvgIpc) is 3.45. The number of ketones is 1. The Morgan fingerprint density at radius 3 is 2.81 bits per heavy atom. The van der Waals surface area contributed by atoms with E-state index in [1.165, 1.54) is 18.6 Å². The zero-order chi connectivity index (χ0) is 26.7. The predicted molar refractivity (Wildman–Crippen MR) is 136 cm³/mol. The normalized spacial score (nSPS) is 20.6. The number of aliphatic hydroxyl groups is 3. The van der Waals surface area contributed by atoms with E-state index in [4.69, 9.17) is 16.7 Å². The summed E-state index contributed by atoms with van der Waals surface area (Å²) in [6.07, 6.45) is 1.34. The lowest BCUT2D eigenvalue weighted by atomic mass is 10.0. The number of anilines is 1. The smallest absolute Gasteiger partial charge is 0.333 e. The van der Waals surface area contributed by atoms with E-state index in [0.29, 0.717) is 27.4 Å². The molecule has 2 aromatic heterocycles. The zero-order valence-electron chi connectivity index (χ0n) is 19.3. The Morgan fingerprint density at radius 1 is 1.32 bits per heavy atom. The number of aromatic nitrogens is 2. The molecule has 1 fully saturated rings. The van der Waals surface area contributed by atoms with Gasteiger partial charge in [0, 0.05) is 33.6 Å². The summed E-state index contributed by atoms with van der Waals surface area (Å²) >= 11 is 7.09. The van der Waals surface area contributed by atoms with E-state index < -0.39 is 34.2 Å². The van der Waals surface area contributed by atoms with E-state index in [-0.39, 0.29) is 41.9 Å². The summed E-state index contributed by atoms with van der Waals surface area (Å²) in [5.74, 6) is -0.655. The minimum Gasteiger partial charge on any atom is -0.393 e. The van der Waals surface area contributed by atoms with Crippen molar-refractivity contribution in [1.82, 2.24) is 9.97 Å². The van der Waals surface area contributed by atoms with Gasteiger partial charge in [0.05, 0.1) is 29.8 Å². The third-order valence-electron chi connectivity index (χ3n) is 6.07. The maximum atomic E-state index is 13.4. The van der Waals surface area contributed by atoms with Gasteiger partial charge in [0.25, 0.3) is 0 Å². The summed E-state index contributed by atoms with van der Waals surface area (Å²) in [6, 6.07) is 7.89. The molecule has 1 saturated carbocycles. The van der Waals surface area contributed by atoms with Gasteiger partial charge in [-0.15, -0.1) is 11.3 Å². The molecule has 0 amide bonds. The highest BCUT2D eigenvalue weighted by Gasteiger charge is 2.35.